The zero-order chi connectivity index (χ0) is 23.4. The van der Waals surface area contributed by atoms with E-state index in [1.807, 2.05) is 48.5 Å². The topological polar surface area (TPSA) is 68.1 Å². The minimum atomic E-state index is -0.497. The molecule has 0 amide bonds. The largest absolute Gasteiger partial charge is 0.624 e. The summed E-state index contributed by atoms with van der Waals surface area (Å²) in [5, 5.41) is 12.6. The Morgan fingerprint density at radius 1 is 1.06 bits per heavy atom. The third-order valence-electron chi connectivity index (χ3n) is 6.13. The lowest BCUT2D eigenvalue weighted by atomic mass is 9.97. The van der Waals surface area contributed by atoms with Crippen molar-refractivity contribution in [2.75, 3.05) is 60.0 Å². The number of hydrogen-bond donors (Lipinski definition) is 0. The number of carbonyl (C=O) groups is 1. The second-order valence-corrected chi connectivity index (χ2v) is 8.38. The summed E-state index contributed by atoms with van der Waals surface area (Å²) in [5.41, 5.74) is 3.70. The Labute approximate surface area is 195 Å². The molecule has 1 aliphatic carbocycles. The van der Waals surface area contributed by atoms with Crippen LogP contribution in [0.4, 0.5) is 0 Å². The Morgan fingerprint density at radius 3 is 2.45 bits per heavy atom. The van der Waals surface area contributed by atoms with Crippen LogP contribution in [-0.4, -0.2) is 86.3 Å². The molecule has 33 heavy (non-hydrogen) atoms. The van der Waals surface area contributed by atoms with E-state index in [0.29, 0.717) is 34.8 Å². The molecule has 2 aromatic rings. The first-order valence-electron chi connectivity index (χ1n) is 11.4. The molecule has 1 heterocycles. The van der Waals surface area contributed by atoms with Crippen LogP contribution in [0, 0.1) is 5.21 Å². The maximum Gasteiger partial charge on any atom is 0.345 e. The van der Waals surface area contributed by atoms with Crippen molar-refractivity contribution in [1.82, 2.24) is 9.80 Å². The first kappa shape index (κ1) is 23.0. The Kier molecular flexibility index (Phi) is 7.11. The van der Waals surface area contributed by atoms with Crippen LogP contribution >= 0.6 is 0 Å². The second kappa shape index (κ2) is 10.2. The van der Waals surface area contributed by atoms with Crippen molar-refractivity contribution in [3.8, 4) is 5.75 Å². The molecule has 2 aromatic carbocycles. The summed E-state index contributed by atoms with van der Waals surface area (Å²) < 4.78 is 12.1. The summed E-state index contributed by atoms with van der Waals surface area (Å²) in [5.74, 6) is 0.183. The van der Waals surface area contributed by atoms with E-state index in [0.717, 1.165) is 48.6 Å². The van der Waals surface area contributed by atoms with E-state index in [1.54, 1.807) is 6.92 Å². The number of ether oxygens (including phenoxy) is 2. The monoisotopic (exact) mass is 449 g/mol. The predicted octanol–water partition coefficient (Wildman–Crippen LogP) is 2.62. The summed E-state index contributed by atoms with van der Waals surface area (Å²) in [7, 11) is 3.55. The van der Waals surface area contributed by atoms with Gasteiger partial charge in [0.1, 0.15) is 25.0 Å². The van der Waals surface area contributed by atoms with Gasteiger partial charge in [0.2, 0.25) is 5.71 Å². The SMILES string of the molecule is CCOC(=O)C1=C(c2ccccc2)c2ccc(OCCN3CCN(C)CC3)cc2/C1=[N+](/C)[O-]. The molecule has 0 atom stereocenters. The van der Waals surface area contributed by atoms with Gasteiger partial charge in [0.05, 0.1) is 12.2 Å². The number of hydroxylamine groups is 1. The van der Waals surface area contributed by atoms with Gasteiger partial charge in [-0.15, -0.1) is 0 Å². The molecule has 7 nitrogen and oxygen atoms in total. The van der Waals surface area contributed by atoms with Gasteiger partial charge in [-0.1, -0.05) is 30.3 Å². The highest BCUT2D eigenvalue weighted by Crippen LogP contribution is 2.40. The van der Waals surface area contributed by atoms with E-state index >= 15 is 0 Å². The molecule has 0 aromatic heterocycles. The van der Waals surface area contributed by atoms with Gasteiger partial charge in [-0.05, 0) is 43.3 Å². The number of rotatable bonds is 7. The average molecular weight is 450 g/mol. The van der Waals surface area contributed by atoms with Crippen LogP contribution in [-0.2, 0) is 9.53 Å². The molecular weight excluding hydrogens is 418 g/mol. The number of benzene rings is 2. The van der Waals surface area contributed by atoms with Gasteiger partial charge >= 0.3 is 5.97 Å². The van der Waals surface area contributed by atoms with E-state index in [9.17, 15) is 10.0 Å². The standard InChI is InChI=1S/C26H31N3O4/c1-4-32-26(30)24-23(19-8-6-5-7-9-19)21-11-10-20(18-22(21)25(24)28(3)31)33-17-16-29-14-12-27(2)13-15-29/h5-11,18H,4,12-17H2,1-3H3/b28-25+. The van der Waals surface area contributed by atoms with E-state index in [-0.39, 0.29) is 6.61 Å². The normalized spacial score (nSPS) is 18.3. The van der Waals surface area contributed by atoms with Crippen molar-refractivity contribution in [3.05, 3.63) is 76.0 Å². The number of carbonyl (C=O) groups excluding carboxylic acids is 1. The van der Waals surface area contributed by atoms with Crippen molar-refractivity contribution in [2.45, 2.75) is 6.92 Å². The smallest absolute Gasteiger partial charge is 0.345 e. The van der Waals surface area contributed by atoms with Crippen molar-refractivity contribution in [1.29, 1.82) is 0 Å². The summed E-state index contributed by atoms with van der Waals surface area (Å²) in [6.07, 6.45) is 0. The third-order valence-corrected chi connectivity index (χ3v) is 6.13. The van der Waals surface area contributed by atoms with Crippen LogP contribution in [0.3, 0.4) is 0 Å². The summed E-state index contributed by atoms with van der Waals surface area (Å²) >= 11 is 0. The molecule has 0 unspecified atom stereocenters. The maximum absolute atomic E-state index is 13.0. The van der Waals surface area contributed by atoms with Crippen LogP contribution in [0.5, 0.6) is 5.75 Å². The highest BCUT2D eigenvalue weighted by atomic mass is 16.5. The maximum atomic E-state index is 13.0. The number of likely N-dealkylation sites (N-methyl/N-ethyl adjacent to an activating group) is 1. The van der Waals surface area contributed by atoms with Gasteiger partial charge in [-0.2, -0.15) is 0 Å². The molecule has 7 heteroatoms. The number of hydrogen-bond acceptors (Lipinski definition) is 6. The van der Waals surface area contributed by atoms with Gasteiger partial charge in [-0.3, -0.25) is 4.90 Å². The molecule has 1 aliphatic heterocycles. The fourth-order valence-electron chi connectivity index (χ4n) is 4.41. The lowest BCUT2D eigenvalue weighted by Crippen LogP contribution is -2.45. The molecule has 1 saturated heterocycles. The first-order valence-corrected chi connectivity index (χ1v) is 11.4. The molecule has 0 bridgehead atoms. The fourth-order valence-corrected chi connectivity index (χ4v) is 4.41. The van der Waals surface area contributed by atoms with Crippen LogP contribution in [0.15, 0.2) is 54.1 Å². The first-order chi connectivity index (χ1) is 16.0. The summed E-state index contributed by atoms with van der Waals surface area (Å²) in [6.45, 7) is 7.62. The van der Waals surface area contributed by atoms with Crippen molar-refractivity contribution in [2.24, 2.45) is 0 Å². The Hall–Kier alpha value is -3.16. The molecule has 0 N–H and O–H groups in total. The van der Waals surface area contributed by atoms with Gasteiger partial charge in [0.25, 0.3) is 0 Å². The Morgan fingerprint density at radius 2 is 1.79 bits per heavy atom. The quantitative estimate of drug-likeness (QED) is 0.280. The zero-order valence-corrected chi connectivity index (χ0v) is 19.5. The fraction of sp³-hybridized carbons (Fsp3) is 0.385. The molecule has 4 rings (SSSR count). The van der Waals surface area contributed by atoms with Gasteiger partial charge in [-0.25, -0.2) is 9.53 Å². The van der Waals surface area contributed by atoms with Crippen LogP contribution < -0.4 is 4.74 Å². The second-order valence-electron chi connectivity index (χ2n) is 8.38. The minimum Gasteiger partial charge on any atom is -0.624 e. The highest BCUT2D eigenvalue weighted by molar-refractivity contribution is 6.35. The third kappa shape index (κ3) is 4.94. The van der Waals surface area contributed by atoms with Crippen molar-refractivity contribution in [3.63, 3.8) is 0 Å². The molecule has 1 fully saturated rings. The average Bonchev–Trinajstić information content (AvgIpc) is 3.16. The molecule has 174 valence electrons. The number of piperazine rings is 1. The molecule has 0 saturated carbocycles. The van der Waals surface area contributed by atoms with Crippen LogP contribution in [0.2, 0.25) is 0 Å². The van der Waals surface area contributed by atoms with Crippen molar-refractivity contribution < 1.29 is 19.0 Å². The molecular formula is C26H31N3O4. The Balaban J connectivity index is 1.63. The number of fused-ring (bicyclic) bond motifs is 1. The zero-order valence-electron chi connectivity index (χ0n) is 19.5. The van der Waals surface area contributed by atoms with E-state index in [2.05, 4.69) is 16.8 Å². The molecule has 2 aliphatic rings. The minimum absolute atomic E-state index is 0.233. The van der Waals surface area contributed by atoms with E-state index in [4.69, 9.17) is 9.47 Å². The van der Waals surface area contributed by atoms with Crippen LogP contribution in [0.1, 0.15) is 23.6 Å². The van der Waals surface area contributed by atoms with E-state index < -0.39 is 5.97 Å². The van der Waals surface area contributed by atoms with Crippen LogP contribution in [0.25, 0.3) is 5.57 Å². The Bertz CT molecular complexity index is 1070. The van der Waals surface area contributed by atoms with Gasteiger partial charge in [0.15, 0.2) is 0 Å². The molecule has 0 radical (unpaired) electrons. The highest BCUT2D eigenvalue weighted by Gasteiger charge is 2.39. The van der Waals surface area contributed by atoms with Crippen molar-refractivity contribution >= 4 is 17.3 Å². The van der Waals surface area contributed by atoms with Gasteiger partial charge in [0, 0.05) is 38.3 Å². The summed E-state index contributed by atoms with van der Waals surface area (Å²) in [4.78, 5) is 17.7. The molecule has 0 spiro atoms. The van der Waals surface area contributed by atoms with E-state index in [1.165, 1.54) is 7.05 Å². The predicted molar refractivity (Wildman–Crippen MR) is 129 cm³/mol. The lowest BCUT2D eigenvalue weighted by molar-refractivity contribution is -0.421. The van der Waals surface area contributed by atoms with Gasteiger partial charge < -0.3 is 19.6 Å². The summed E-state index contributed by atoms with van der Waals surface area (Å²) in [6, 6.07) is 15.3. The lowest BCUT2D eigenvalue weighted by Gasteiger charge is -2.32. The number of nitrogens with zero attached hydrogens (tertiary/aromatic N) is 3. The number of esters is 1.